The largest absolute Gasteiger partial charge is 0.417 e. The zero-order valence-electron chi connectivity index (χ0n) is 10.1. The summed E-state index contributed by atoms with van der Waals surface area (Å²) < 4.78 is 38.6. The summed E-state index contributed by atoms with van der Waals surface area (Å²) >= 11 is 3.05. The van der Waals surface area contributed by atoms with Crippen LogP contribution in [0.3, 0.4) is 0 Å². The average molecular weight is 307 g/mol. The number of ketones is 1. The van der Waals surface area contributed by atoms with Crippen LogP contribution < -0.4 is 0 Å². The number of aromatic nitrogens is 1. The maximum atomic E-state index is 12.9. The summed E-state index contributed by atoms with van der Waals surface area (Å²) in [5.74, 6) is 1.24. The molecule has 0 aromatic carbocycles. The highest BCUT2D eigenvalue weighted by atomic mass is 32.2. The zero-order chi connectivity index (χ0) is 14.0. The Kier molecular flexibility index (Phi) is 4.45. The van der Waals surface area contributed by atoms with Crippen LogP contribution in [0.15, 0.2) is 18.5 Å². The highest BCUT2D eigenvalue weighted by molar-refractivity contribution is 8.07. The highest BCUT2D eigenvalue weighted by Crippen LogP contribution is 2.37. The van der Waals surface area contributed by atoms with Gasteiger partial charge >= 0.3 is 6.18 Å². The molecule has 1 aromatic heterocycles. The van der Waals surface area contributed by atoms with Crippen molar-refractivity contribution in [2.45, 2.75) is 23.6 Å². The van der Waals surface area contributed by atoms with Gasteiger partial charge in [-0.2, -0.15) is 24.9 Å². The van der Waals surface area contributed by atoms with Crippen molar-refractivity contribution in [2.24, 2.45) is 0 Å². The van der Waals surface area contributed by atoms with Crippen molar-refractivity contribution >= 4 is 29.3 Å². The van der Waals surface area contributed by atoms with Crippen molar-refractivity contribution < 1.29 is 18.0 Å². The van der Waals surface area contributed by atoms with Crippen molar-refractivity contribution in [3.63, 3.8) is 0 Å². The molecule has 2 nitrogen and oxygen atoms in total. The van der Waals surface area contributed by atoms with Gasteiger partial charge in [-0.1, -0.05) is 6.92 Å². The van der Waals surface area contributed by atoms with Crippen LogP contribution in [0.25, 0.3) is 0 Å². The average Bonchev–Trinajstić information content (AvgIpc) is 2.37. The van der Waals surface area contributed by atoms with Crippen LogP contribution in [0.4, 0.5) is 13.2 Å². The van der Waals surface area contributed by atoms with E-state index in [-0.39, 0.29) is 10.8 Å². The predicted octanol–water partition coefficient (Wildman–Crippen LogP) is 3.52. The summed E-state index contributed by atoms with van der Waals surface area (Å²) in [7, 11) is 0. The van der Waals surface area contributed by atoms with E-state index in [9.17, 15) is 18.0 Å². The van der Waals surface area contributed by atoms with Crippen LogP contribution in [0, 0.1) is 0 Å². The number of pyridine rings is 1. The lowest BCUT2D eigenvalue weighted by Crippen LogP contribution is -2.32. The molecular weight excluding hydrogens is 295 g/mol. The smallest absolute Gasteiger partial charge is 0.293 e. The molecule has 0 radical (unpaired) electrons. The summed E-state index contributed by atoms with van der Waals surface area (Å²) in [5, 5.41) is -0.406. The van der Waals surface area contributed by atoms with Crippen molar-refractivity contribution in [2.75, 3.05) is 11.5 Å². The third-order valence-corrected chi connectivity index (χ3v) is 5.93. The van der Waals surface area contributed by atoms with E-state index < -0.39 is 22.8 Å². The minimum absolute atomic E-state index is 0.0209. The molecule has 2 heterocycles. The molecule has 2 rings (SSSR count). The van der Waals surface area contributed by atoms with Crippen molar-refractivity contribution in [1.29, 1.82) is 0 Å². The molecule has 0 bridgehead atoms. The van der Waals surface area contributed by atoms with Crippen molar-refractivity contribution in [1.82, 2.24) is 4.98 Å². The Morgan fingerprint density at radius 2 is 2.05 bits per heavy atom. The molecule has 0 saturated carbocycles. The normalized spacial score (nSPS) is 24.2. The van der Waals surface area contributed by atoms with Crippen molar-refractivity contribution in [3.8, 4) is 0 Å². The maximum absolute atomic E-state index is 12.9. The summed E-state index contributed by atoms with van der Waals surface area (Å²) in [5.41, 5.74) is -1.21. The molecule has 1 saturated heterocycles. The number of Topliss-reactive ketones (excluding diaryl/α,β-unsaturated/α-hetero) is 1. The highest BCUT2D eigenvalue weighted by Gasteiger charge is 2.38. The van der Waals surface area contributed by atoms with E-state index in [2.05, 4.69) is 4.98 Å². The van der Waals surface area contributed by atoms with Crippen LogP contribution >= 0.6 is 23.5 Å². The SMILES string of the molecule is CC1SCCSC1C(=O)c1cnccc1C(F)(F)F. The summed E-state index contributed by atoms with van der Waals surface area (Å²) in [6.45, 7) is 1.88. The topological polar surface area (TPSA) is 30.0 Å². The van der Waals surface area contributed by atoms with Crippen LogP contribution in [0.5, 0.6) is 0 Å². The number of hydrogen-bond acceptors (Lipinski definition) is 4. The van der Waals surface area contributed by atoms with Gasteiger partial charge in [-0.15, -0.1) is 11.8 Å². The van der Waals surface area contributed by atoms with Crippen LogP contribution in [-0.4, -0.2) is 32.8 Å². The quantitative estimate of drug-likeness (QED) is 0.782. The Balaban J connectivity index is 2.33. The van der Waals surface area contributed by atoms with Crippen LogP contribution in [0.2, 0.25) is 0 Å². The van der Waals surface area contributed by atoms with Gasteiger partial charge in [0, 0.05) is 34.7 Å². The predicted molar refractivity (Wildman–Crippen MR) is 71.7 cm³/mol. The Morgan fingerprint density at radius 1 is 1.37 bits per heavy atom. The van der Waals surface area contributed by atoms with E-state index in [4.69, 9.17) is 0 Å². The van der Waals surface area contributed by atoms with Gasteiger partial charge in [0.1, 0.15) is 0 Å². The second kappa shape index (κ2) is 5.75. The van der Waals surface area contributed by atoms with Gasteiger partial charge in [-0.3, -0.25) is 9.78 Å². The number of carbonyl (C=O) groups excluding carboxylic acids is 1. The standard InChI is InChI=1S/C12H12F3NOS2/c1-7-11(19-5-4-18-7)10(17)8-6-16-3-2-9(8)12(13,14)15/h2-3,6-7,11H,4-5H2,1H3. The first-order valence-corrected chi connectivity index (χ1v) is 7.79. The molecule has 0 amide bonds. The van der Waals surface area contributed by atoms with Crippen molar-refractivity contribution in [3.05, 3.63) is 29.6 Å². The Bertz CT molecular complexity index is 478. The molecule has 2 unspecified atom stereocenters. The Hall–Kier alpha value is -0.690. The van der Waals surface area contributed by atoms with Gasteiger partial charge in [0.2, 0.25) is 0 Å². The molecule has 1 fully saturated rings. The number of alkyl halides is 3. The first-order valence-electron chi connectivity index (χ1n) is 5.70. The molecule has 2 atom stereocenters. The lowest BCUT2D eigenvalue weighted by Gasteiger charge is -2.27. The first kappa shape index (κ1) is 14.7. The molecule has 0 spiro atoms. The van der Waals surface area contributed by atoms with Gasteiger partial charge in [0.25, 0.3) is 0 Å². The number of halogens is 3. The molecular formula is C12H12F3NOS2. The third kappa shape index (κ3) is 3.25. The molecule has 1 aliphatic rings. The summed E-state index contributed by atoms with van der Waals surface area (Å²) in [4.78, 5) is 16.0. The van der Waals surface area contributed by atoms with Gasteiger partial charge in [0.05, 0.1) is 10.8 Å². The Morgan fingerprint density at radius 3 is 2.68 bits per heavy atom. The van der Waals surface area contributed by atoms with Crippen LogP contribution in [-0.2, 0) is 6.18 Å². The molecule has 0 N–H and O–H groups in total. The number of nitrogens with zero attached hydrogens (tertiary/aromatic N) is 1. The number of rotatable bonds is 2. The number of hydrogen-bond donors (Lipinski definition) is 0. The van der Waals surface area contributed by atoms with E-state index in [1.54, 1.807) is 11.8 Å². The van der Waals surface area contributed by atoms with Gasteiger partial charge in [0.15, 0.2) is 5.78 Å². The fourth-order valence-electron chi connectivity index (χ4n) is 1.91. The zero-order valence-corrected chi connectivity index (χ0v) is 11.7. The molecule has 7 heteroatoms. The summed E-state index contributed by atoms with van der Waals surface area (Å²) in [6.07, 6.45) is -2.44. The lowest BCUT2D eigenvalue weighted by atomic mass is 10.0. The fraction of sp³-hybridized carbons (Fsp3) is 0.500. The minimum Gasteiger partial charge on any atom is -0.293 e. The van der Waals surface area contributed by atoms with Gasteiger partial charge in [-0.25, -0.2) is 0 Å². The third-order valence-electron chi connectivity index (χ3n) is 2.84. The molecule has 1 aliphatic heterocycles. The lowest BCUT2D eigenvalue weighted by molar-refractivity contribution is -0.138. The monoisotopic (exact) mass is 307 g/mol. The number of carbonyl (C=O) groups is 1. The fourth-order valence-corrected chi connectivity index (χ4v) is 4.63. The van der Waals surface area contributed by atoms with Crippen LogP contribution in [0.1, 0.15) is 22.8 Å². The molecule has 0 aliphatic carbocycles. The van der Waals surface area contributed by atoms with E-state index in [1.165, 1.54) is 11.8 Å². The second-order valence-corrected chi connectivity index (χ2v) is 6.89. The first-order chi connectivity index (χ1) is 8.91. The second-order valence-electron chi connectivity index (χ2n) is 4.15. The minimum atomic E-state index is -4.52. The molecule has 1 aromatic rings. The van der Waals surface area contributed by atoms with Gasteiger partial charge in [-0.05, 0) is 6.07 Å². The van der Waals surface area contributed by atoms with E-state index in [0.29, 0.717) is 0 Å². The van der Waals surface area contributed by atoms with Gasteiger partial charge < -0.3 is 0 Å². The molecule has 19 heavy (non-hydrogen) atoms. The number of thioether (sulfide) groups is 2. The Labute approximate surface area is 117 Å². The van der Waals surface area contributed by atoms with E-state index in [1.807, 2.05) is 6.92 Å². The van der Waals surface area contributed by atoms with E-state index in [0.717, 1.165) is 30.0 Å². The maximum Gasteiger partial charge on any atom is 0.417 e. The summed E-state index contributed by atoms with van der Waals surface area (Å²) in [6, 6.07) is 0.860. The molecule has 104 valence electrons. The van der Waals surface area contributed by atoms with E-state index >= 15 is 0 Å².